The number of aromatic nitrogens is 1. The summed E-state index contributed by atoms with van der Waals surface area (Å²) in [5, 5.41) is 2.60. The topological polar surface area (TPSA) is 77.2 Å². The zero-order valence-corrected chi connectivity index (χ0v) is 12.4. The van der Waals surface area contributed by atoms with Crippen LogP contribution in [0.5, 0.6) is 0 Å². The first-order chi connectivity index (χ1) is 11.1. The summed E-state index contributed by atoms with van der Waals surface area (Å²) in [6.45, 7) is 0.573. The number of hydrogen-bond donors (Lipinski definition) is 2. The van der Waals surface area contributed by atoms with Crippen LogP contribution in [0.25, 0.3) is 0 Å². The average Bonchev–Trinajstić information content (AvgIpc) is 2.57. The molecular formula is C17H16FN3O2. The van der Waals surface area contributed by atoms with E-state index in [0.29, 0.717) is 18.5 Å². The summed E-state index contributed by atoms with van der Waals surface area (Å²) < 4.78 is 17.9. The van der Waals surface area contributed by atoms with Crippen LogP contribution in [0.15, 0.2) is 42.6 Å². The number of benzene rings is 1. The van der Waals surface area contributed by atoms with Crippen LogP contribution in [0, 0.1) is 17.8 Å². The number of halogens is 1. The van der Waals surface area contributed by atoms with Crippen molar-refractivity contribution in [3.05, 3.63) is 59.7 Å². The van der Waals surface area contributed by atoms with Crippen molar-refractivity contribution in [2.75, 3.05) is 12.3 Å². The van der Waals surface area contributed by atoms with E-state index in [0.717, 1.165) is 5.56 Å². The zero-order chi connectivity index (χ0) is 16.5. The number of pyridine rings is 1. The van der Waals surface area contributed by atoms with Gasteiger partial charge >= 0.3 is 6.09 Å². The third-order valence-electron chi connectivity index (χ3n) is 2.83. The van der Waals surface area contributed by atoms with E-state index in [1.54, 1.807) is 0 Å². The highest BCUT2D eigenvalue weighted by Crippen LogP contribution is 2.07. The maximum absolute atomic E-state index is 12.9. The van der Waals surface area contributed by atoms with E-state index in [9.17, 15) is 9.18 Å². The van der Waals surface area contributed by atoms with Gasteiger partial charge in [-0.15, -0.1) is 0 Å². The number of hydrogen-bond acceptors (Lipinski definition) is 4. The van der Waals surface area contributed by atoms with Crippen LogP contribution in [0.3, 0.4) is 0 Å². The second-order valence-corrected chi connectivity index (χ2v) is 4.64. The lowest BCUT2D eigenvalue weighted by molar-refractivity contribution is 0.140. The number of alkyl carbamates (subject to hydrolysis) is 1. The van der Waals surface area contributed by atoms with Crippen LogP contribution in [-0.4, -0.2) is 17.6 Å². The Morgan fingerprint density at radius 3 is 2.87 bits per heavy atom. The van der Waals surface area contributed by atoms with Gasteiger partial charge in [-0.3, -0.25) is 0 Å². The van der Waals surface area contributed by atoms with Crippen molar-refractivity contribution < 1.29 is 13.9 Å². The summed E-state index contributed by atoms with van der Waals surface area (Å²) in [4.78, 5) is 15.0. The molecule has 23 heavy (non-hydrogen) atoms. The van der Waals surface area contributed by atoms with Gasteiger partial charge in [0.05, 0.1) is 5.69 Å². The first-order valence-electron chi connectivity index (χ1n) is 6.99. The molecule has 118 valence electrons. The molecule has 0 bridgehead atoms. The maximum atomic E-state index is 12.9. The molecule has 0 aliphatic carbocycles. The Balaban J connectivity index is 1.68. The summed E-state index contributed by atoms with van der Waals surface area (Å²) in [5.41, 5.74) is 6.79. The molecule has 2 aromatic rings. The van der Waals surface area contributed by atoms with Gasteiger partial charge in [0.2, 0.25) is 5.95 Å². The Kier molecular flexibility index (Phi) is 5.95. The van der Waals surface area contributed by atoms with Crippen LogP contribution in [0.2, 0.25) is 0 Å². The Morgan fingerprint density at radius 1 is 1.35 bits per heavy atom. The molecule has 5 nitrogen and oxygen atoms in total. The van der Waals surface area contributed by atoms with Crippen molar-refractivity contribution in [3.63, 3.8) is 0 Å². The molecule has 2 rings (SSSR count). The van der Waals surface area contributed by atoms with Crippen molar-refractivity contribution in [3.8, 4) is 11.8 Å². The number of rotatable bonds is 4. The fourth-order valence-corrected chi connectivity index (χ4v) is 1.70. The van der Waals surface area contributed by atoms with E-state index < -0.39 is 12.0 Å². The number of amides is 1. The van der Waals surface area contributed by atoms with Gasteiger partial charge in [-0.1, -0.05) is 42.2 Å². The van der Waals surface area contributed by atoms with E-state index in [4.69, 9.17) is 10.5 Å². The van der Waals surface area contributed by atoms with Gasteiger partial charge < -0.3 is 15.8 Å². The molecule has 1 aromatic carbocycles. The molecule has 0 saturated carbocycles. The highest BCUT2D eigenvalue weighted by atomic mass is 19.1. The fourth-order valence-electron chi connectivity index (χ4n) is 1.70. The van der Waals surface area contributed by atoms with Crippen molar-refractivity contribution in [1.82, 2.24) is 10.3 Å². The lowest BCUT2D eigenvalue weighted by Crippen LogP contribution is -2.24. The van der Waals surface area contributed by atoms with Gasteiger partial charge in [0.15, 0.2) is 0 Å². The van der Waals surface area contributed by atoms with E-state index >= 15 is 0 Å². The number of nitrogens with one attached hydrogen (secondary N) is 1. The average molecular weight is 313 g/mol. The van der Waals surface area contributed by atoms with Crippen molar-refractivity contribution in [2.24, 2.45) is 0 Å². The van der Waals surface area contributed by atoms with E-state index in [2.05, 4.69) is 22.1 Å². The Bertz CT molecular complexity index is 724. The highest BCUT2D eigenvalue weighted by Gasteiger charge is 2.01. The van der Waals surface area contributed by atoms with E-state index in [-0.39, 0.29) is 12.3 Å². The summed E-state index contributed by atoms with van der Waals surface area (Å²) in [5.74, 6) is 4.92. The quantitative estimate of drug-likeness (QED) is 0.516. The molecule has 0 atom stereocenters. The number of carbonyl (C=O) groups is 1. The van der Waals surface area contributed by atoms with Crippen LogP contribution < -0.4 is 11.1 Å². The molecule has 3 N–H and O–H groups in total. The molecular weight excluding hydrogens is 297 g/mol. The maximum Gasteiger partial charge on any atom is 0.407 e. The van der Waals surface area contributed by atoms with Gasteiger partial charge in [-0.25, -0.2) is 9.78 Å². The minimum absolute atomic E-state index is 0.0422. The number of nitrogens with zero attached hydrogens (tertiary/aromatic N) is 1. The minimum Gasteiger partial charge on any atom is -0.445 e. The molecule has 1 aromatic heterocycles. The Morgan fingerprint density at radius 2 is 2.13 bits per heavy atom. The summed E-state index contributed by atoms with van der Waals surface area (Å²) in [6.07, 6.45) is 1.24. The molecule has 0 radical (unpaired) electrons. The molecule has 0 aliphatic heterocycles. The predicted octanol–water partition coefficient (Wildman–Crippen LogP) is 2.47. The van der Waals surface area contributed by atoms with Gasteiger partial charge in [0.1, 0.15) is 6.61 Å². The van der Waals surface area contributed by atoms with Gasteiger partial charge in [0, 0.05) is 24.7 Å². The van der Waals surface area contributed by atoms with Gasteiger partial charge in [-0.2, -0.15) is 4.39 Å². The molecule has 0 spiro atoms. The van der Waals surface area contributed by atoms with Crippen molar-refractivity contribution >= 4 is 11.8 Å². The second kappa shape index (κ2) is 8.39. The van der Waals surface area contributed by atoms with Crippen LogP contribution >= 0.6 is 0 Å². The van der Waals surface area contributed by atoms with Crippen LogP contribution in [0.4, 0.5) is 14.9 Å². The lowest BCUT2D eigenvalue weighted by atomic mass is 10.2. The highest BCUT2D eigenvalue weighted by molar-refractivity contribution is 5.67. The Labute approximate surface area is 133 Å². The third kappa shape index (κ3) is 5.67. The van der Waals surface area contributed by atoms with Crippen LogP contribution in [-0.2, 0) is 11.3 Å². The first-order valence-corrected chi connectivity index (χ1v) is 6.99. The van der Waals surface area contributed by atoms with Crippen LogP contribution in [0.1, 0.15) is 17.5 Å². The first kappa shape index (κ1) is 16.3. The van der Waals surface area contributed by atoms with Crippen molar-refractivity contribution in [1.29, 1.82) is 0 Å². The van der Waals surface area contributed by atoms with Crippen molar-refractivity contribution in [2.45, 2.75) is 13.0 Å². The fraction of sp³-hybridized carbons (Fsp3) is 0.176. The standard InChI is InChI=1S/C17H16FN3O2/c18-16-15(19)10-14(11-21-16)8-4-5-9-20-17(22)23-12-13-6-2-1-3-7-13/h1-3,6-7,10-11H,5,9,12,19H2,(H,20,22). The molecule has 1 heterocycles. The Hall–Kier alpha value is -3.07. The molecule has 0 saturated heterocycles. The SMILES string of the molecule is Nc1cc(C#CCCNC(=O)OCc2ccccc2)cnc1F. The summed E-state index contributed by atoms with van der Waals surface area (Å²) in [6, 6.07) is 10.8. The number of nitrogen functional groups attached to an aromatic ring is 1. The van der Waals surface area contributed by atoms with E-state index in [1.807, 2.05) is 30.3 Å². The second-order valence-electron chi connectivity index (χ2n) is 4.64. The molecule has 1 amide bonds. The summed E-state index contributed by atoms with van der Waals surface area (Å²) >= 11 is 0. The molecule has 0 aliphatic rings. The smallest absolute Gasteiger partial charge is 0.407 e. The molecule has 0 unspecified atom stereocenters. The lowest BCUT2D eigenvalue weighted by Gasteiger charge is -2.05. The normalized spacial score (nSPS) is 9.61. The number of nitrogens with two attached hydrogens (primary N) is 1. The predicted molar refractivity (Wildman–Crippen MR) is 84.7 cm³/mol. The van der Waals surface area contributed by atoms with E-state index in [1.165, 1.54) is 12.3 Å². The van der Waals surface area contributed by atoms with Gasteiger partial charge in [0.25, 0.3) is 0 Å². The zero-order valence-electron chi connectivity index (χ0n) is 12.4. The summed E-state index contributed by atoms with van der Waals surface area (Å²) in [7, 11) is 0. The molecule has 0 fully saturated rings. The van der Waals surface area contributed by atoms with Gasteiger partial charge in [-0.05, 0) is 11.6 Å². The third-order valence-corrected chi connectivity index (χ3v) is 2.83. The monoisotopic (exact) mass is 313 g/mol. The largest absolute Gasteiger partial charge is 0.445 e. The number of anilines is 1. The minimum atomic E-state index is -0.710. The number of ether oxygens (including phenoxy) is 1. The number of carbonyl (C=O) groups excluding carboxylic acids is 1. The molecule has 6 heteroatoms.